The SMILES string of the molecule is Cc1cccc2c1CCc1ccccc1C2=CCCN(C)C.Cl. The summed E-state index contributed by atoms with van der Waals surface area (Å²) in [6.45, 7) is 3.33. The Morgan fingerprint density at radius 1 is 0.957 bits per heavy atom. The second kappa shape index (κ2) is 7.81. The molecule has 0 radical (unpaired) electrons. The van der Waals surface area contributed by atoms with Crippen molar-refractivity contribution >= 4 is 18.0 Å². The van der Waals surface area contributed by atoms with Crippen LogP contribution in [0.15, 0.2) is 48.5 Å². The van der Waals surface area contributed by atoms with E-state index < -0.39 is 0 Å². The standard InChI is InChI=1S/C21H25N.ClH/c1-16-8-6-11-20-18(16)14-13-17-9-4-5-10-19(17)21(20)12-7-15-22(2)3;/h4-6,8-12H,7,13-15H2,1-3H3;1H. The van der Waals surface area contributed by atoms with E-state index in [1.165, 1.54) is 33.4 Å². The molecule has 0 spiro atoms. The fraction of sp³-hybridized carbons (Fsp3) is 0.333. The summed E-state index contributed by atoms with van der Waals surface area (Å²) < 4.78 is 0. The molecule has 1 aliphatic rings. The van der Waals surface area contributed by atoms with Crippen LogP contribution in [-0.4, -0.2) is 25.5 Å². The lowest BCUT2D eigenvalue weighted by atomic mass is 9.91. The Hall–Kier alpha value is -1.57. The predicted molar refractivity (Wildman–Crippen MR) is 103 cm³/mol. The number of benzene rings is 2. The summed E-state index contributed by atoms with van der Waals surface area (Å²) in [4.78, 5) is 2.25. The van der Waals surface area contributed by atoms with Crippen LogP contribution in [0.25, 0.3) is 5.57 Å². The maximum absolute atomic E-state index is 2.43. The first-order chi connectivity index (χ1) is 10.7. The van der Waals surface area contributed by atoms with Gasteiger partial charge in [0.1, 0.15) is 0 Å². The summed E-state index contributed by atoms with van der Waals surface area (Å²) in [6, 6.07) is 15.6. The van der Waals surface area contributed by atoms with Crippen LogP contribution in [0, 0.1) is 6.92 Å². The Balaban J connectivity index is 0.00000192. The van der Waals surface area contributed by atoms with Crippen molar-refractivity contribution in [1.29, 1.82) is 0 Å². The van der Waals surface area contributed by atoms with E-state index in [1.54, 1.807) is 0 Å². The molecule has 0 aliphatic heterocycles. The van der Waals surface area contributed by atoms with Crippen molar-refractivity contribution in [3.05, 3.63) is 76.4 Å². The normalized spacial score (nSPS) is 14.9. The number of aryl methyl sites for hydroxylation is 2. The van der Waals surface area contributed by atoms with Crippen molar-refractivity contribution < 1.29 is 0 Å². The van der Waals surface area contributed by atoms with Gasteiger partial charge in [0.05, 0.1) is 0 Å². The largest absolute Gasteiger partial charge is 0.309 e. The summed E-state index contributed by atoms with van der Waals surface area (Å²) in [7, 11) is 4.27. The van der Waals surface area contributed by atoms with Crippen LogP contribution >= 0.6 is 12.4 Å². The minimum absolute atomic E-state index is 0. The topological polar surface area (TPSA) is 3.24 Å². The third kappa shape index (κ3) is 3.85. The molecule has 3 rings (SSSR count). The molecule has 2 aromatic rings. The first-order valence-electron chi connectivity index (χ1n) is 8.19. The van der Waals surface area contributed by atoms with E-state index >= 15 is 0 Å². The fourth-order valence-electron chi connectivity index (χ4n) is 3.38. The van der Waals surface area contributed by atoms with Crippen molar-refractivity contribution in [1.82, 2.24) is 4.90 Å². The summed E-state index contributed by atoms with van der Waals surface area (Å²) >= 11 is 0. The first-order valence-corrected chi connectivity index (χ1v) is 8.19. The average molecular weight is 328 g/mol. The average Bonchev–Trinajstić information content (AvgIpc) is 2.66. The van der Waals surface area contributed by atoms with Crippen molar-refractivity contribution in [2.45, 2.75) is 26.2 Å². The molecular formula is C21H26ClN. The number of rotatable bonds is 3. The Morgan fingerprint density at radius 2 is 1.70 bits per heavy atom. The lowest BCUT2D eigenvalue weighted by Gasteiger charge is -2.14. The van der Waals surface area contributed by atoms with Crippen LogP contribution in [0.5, 0.6) is 0 Å². The van der Waals surface area contributed by atoms with Crippen LogP contribution < -0.4 is 0 Å². The molecule has 0 heterocycles. The molecule has 23 heavy (non-hydrogen) atoms. The van der Waals surface area contributed by atoms with E-state index in [9.17, 15) is 0 Å². The van der Waals surface area contributed by atoms with Gasteiger partial charge in [-0.25, -0.2) is 0 Å². The zero-order chi connectivity index (χ0) is 15.5. The summed E-state index contributed by atoms with van der Waals surface area (Å²) in [5, 5.41) is 0. The van der Waals surface area contributed by atoms with Gasteiger partial charge in [-0.15, -0.1) is 12.4 Å². The summed E-state index contributed by atoms with van der Waals surface area (Å²) in [5.41, 5.74) is 8.70. The molecule has 0 saturated carbocycles. The van der Waals surface area contributed by atoms with Gasteiger partial charge in [-0.3, -0.25) is 0 Å². The Morgan fingerprint density at radius 3 is 2.48 bits per heavy atom. The van der Waals surface area contributed by atoms with Gasteiger partial charge in [-0.2, -0.15) is 0 Å². The fourth-order valence-corrected chi connectivity index (χ4v) is 3.38. The molecular weight excluding hydrogens is 302 g/mol. The van der Waals surface area contributed by atoms with Gasteiger partial charge < -0.3 is 4.90 Å². The van der Waals surface area contributed by atoms with E-state index in [-0.39, 0.29) is 12.4 Å². The monoisotopic (exact) mass is 327 g/mol. The Kier molecular flexibility index (Phi) is 6.04. The molecule has 1 aliphatic carbocycles. The van der Waals surface area contributed by atoms with Crippen LogP contribution in [0.1, 0.15) is 34.2 Å². The maximum Gasteiger partial charge on any atom is 0.00101 e. The highest BCUT2D eigenvalue weighted by molar-refractivity contribution is 5.85. The number of fused-ring (bicyclic) bond motifs is 2. The Labute approximate surface area is 146 Å². The van der Waals surface area contributed by atoms with Crippen molar-refractivity contribution in [2.75, 3.05) is 20.6 Å². The molecule has 2 aromatic carbocycles. The molecule has 0 amide bonds. The quantitative estimate of drug-likeness (QED) is 0.775. The van der Waals surface area contributed by atoms with E-state index in [0.717, 1.165) is 25.8 Å². The van der Waals surface area contributed by atoms with E-state index in [4.69, 9.17) is 0 Å². The van der Waals surface area contributed by atoms with E-state index in [2.05, 4.69) is 74.5 Å². The van der Waals surface area contributed by atoms with Gasteiger partial charge in [-0.1, -0.05) is 48.5 Å². The van der Waals surface area contributed by atoms with Crippen molar-refractivity contribution in [3.8, 4) is 0 Å². The minimum atomic E-state index is 0. The molecule has 0 atom stereocenters. The molecule has 0 saturated heterocycles. The number of halogens is 1. The molecule has 122 valence electrons. The maximum atomic E-state index is 2.43. The lowest BCUT2D eigenvalue weighted by molar-refractivity contribution is 0.417. The van der Waals surface area contributed by atoms with Crippen LogP contribution in [0.3, 0.4) is 0 Å². The third-order valence-electron chi connectivity index (χ3n) is 4.58. The first kappa shape index (κ1) is 17.8. The van der Waals surface area contributed by atoms with E-state index in [1.807, 2.05) is 0 Å². The van der Waals surface area contributed by atoms with Crippen LogP contribution in [0.2, 0.25) is 0 Å². The van der Waals surface area contributed by atoms with Gasteiger partial charge in [0.25, 0.3) is 0 Å². The molecule has 2 heteroatoms. The molecule has 0 unspecified atom stereocenters. The van der Waals surface area contributed by atoms with Crippen molar-refractivity contribution in [3.63, 3.8) is 0 Å². The molecule has 0 N–H and O–H groups in total. The number of hydrogen-bond donors (Lipinski definition) is 0. The number of hydrogen-bond acceptors (Lipinski definition) is 1. The van der Waals surface area contributed by atoms with Crippen LogP contribution in [0.4, 0.5) is 0 Å². The van der Waals surface area contributed by atoms with E-state index in [0.29, 0.717) is 0 Å². The van der Waals surface area contributed by atoms with Gasteiger partial charge in [0.2, 0.25) is 0 Å². The van der Waals surface area contributed by atoms with Gasteiger partial charge in [0, 0.05) is 6.54 Å². The second-order valence-electron chi connectivity index (χ2n) is 6.47. The smallest absolute Gasteiger partial charge is 0.00101 e. The minimum Gasteiger partial charge on any atom is -0.309 e. The molecule has 0 aromatic heterocycles. The number of nitrogens with zero attached hydrogens (tertiary/aromatic N) is 1. The highest BCUT2D eigenvalue weighted by atomic mass is 35.5. The van der Waals surface area contributed by atoms with Crippen molar-refractivity contribution in [2.24, 2.45) is 0 Å². The zero-order valence-corrected chi connectivity index (χ0v) is 15.1. The van der Waals surface area contributed by atoms with Gasteiger partial charge in [0.15, 0.2) is 0 Å². The lowest BCUT2D eigenvalue weighted by Crippen LogP contribution is -2.12. The summed E-state index contributed by atoms with van der Waals surface area (Å²) in [6.07, 6.45) is 5.80. The zero-order valence-electron chi connectivity index (χ0n) is 14.3. The predicted octanol–water partition coefficient (Wildman–Crippen LogP) is 4.90. The third-order valence-corrected chi connectivity index (χ3v) is 4.58. The highest BCUT2D eigenvalue weighted by Gasteiger charge is 2.18. The molecule has 0 bridgehead atoms. The Bertz CT molecular complexity index is 701. The van der Waals surface area contributed by atoms with Crippen LogP contribution in [-0.2, 0) is 12.8 Å². The second-order valence-corrected chi connectivity index (χ2v) is 6.47. The van der Waals surface area contributed by atoms with Gasteiger partial charge >= 0.3 is 0 Å². The van der Waals surface area contributed by atoms with Gasteiger partial charge in [-0.05, 0) is 73.7 Å². The highest BCUT2D eigenvalue weighted by Crippen LogP contribution is 2.34. The molecule has 1 nitrogen and oxygen atoms in total. The summed E-state index contributed by atoms with van der Waals surface area (Å²) in [5.74, 6) is 0. The molecule has 0 fully saturated rings.